The normalized spacial score (nSPS) is 10.7. The maximum Gasteiger partial charge on any atom is 0.306 e. The highest BCUT2D eigenvalue weighted by Gasteiger charge is 2.09. The highest BCUT2D eigenvalue weighted by molar-refractivity contribution is 7.80. The van der Waals surface area contributed by atoms with Gasteiger partial charge >= 0.3 is 5.97 Å². The van der Waals surface area contributed by atoms with Crippen LogP contribution in [0, 0.1) is 0 Å². The minimum Gasteiger partial charge on any atom is -0.466 e. The van der Waals surface area contributed by atoms with Crippen molar-refractivity contribution in [2.75, 3.05) is 13.2 Å². The molecule has 0 aliphatic carbocycles. The number of carbonyl (C=O) groups excluding carboxylic acids is 2. The molecule has 0 aromatic heterocycles. The number of ether oxygens (including phenoxy) is 1. The fraction of sp³-hybridized carbons (Fsp3) is 0.700. The molecule has 0 spiro atoms. The number of rotatable bonds is 22. The molecule has 0 saturated carbocycles. The molecular weight excluding hydrogens is 468 g/mol. The van der Waals surface area contributed by atoms with Gasteiger partial charge < -0.3 is 15.4 Å². The lowest BCUT2D eigenvalue weighted by Gasteiger charge is -2.09. The average Bonchev–Trinajstić information content (AvgIpc) is 2.88. The van der Waals surface area contributed by atoms with Crippen molar-refractivity contribution < 1.29 is 14.3 Å². The Kier molecular flexibility index (Phi) is 20.9. The number of esters is 1. The van der Waals surface area contributed by atoms with Gasteiger partial charge in [0, 0.05) is 13.0 Å². The van der Waals surface area contributed by atoms with E-state index in [-0.39, 0.29) is 24.7 Å². The standard InChI is InChI=1S/C30H50N2O3S/c1-2-3-4-5-6-7-8-9-10-11-12-13-14-18-25-31-30(36)32-28(33)23-24-29(34)35-26-19-22-27-20-16-15-17-21-27/h15-17,20-21H,2-14,18-19,22-26H2,1H3,(H2,31,32,33,36). The Labute approximate surface area is 225 Å². The summed E-state index contributed by atoms with van der Waals surface area (Å²) < 4.78 is 5.21. The summed E-state index contributed by atoms with van der Waals surface area (Å²) in [5.74, 6) is -0.603. The molecule has 204 valence electrons. The summed E-state index contributed by atoms with van der Waals surface area (Å²) in [6, 6.07) is 10.1. The topological polar surface area (TPSA) is 67.4 Å². The fourth-order valence-corrected chi connectivity index (χ4v) is 4.37. The lowest BCUT2D eigenvalue weighted by atomic mass is 10.0. The minimum absolute atomic E-state index is 0.0682. The minimum atomic E-state index is -0.348. The second-order valence-electron chi connectivity index (χ2n) is 9.71. The van der Waals surface area contributed by atoms with Crippen LogP contribution < -0.4 is 10.6 Å². The molecule has 0 heterocycles. The van der Waals surface area contributed by atoms with Crippen molar-refractivity contribution in [3.63, 3.8) is 0 Å². The lowest BCUT2D eigenvalue weighted by Crippen LogP contribution is -2.39. The summed E-state index contributed by atoms with van der Waals surface area (Å²) in [6.45, 7) is 3.40. The van der Waals surface area contributed by atoms with E-state index in [0.29, 0.717) is 11.7 Å². The Balaban J connectivity index is 1.86. The predicted molar refractivity (Wildman–Crippen MR) is 154 cm³/mol. The monoisotopic (exact) mass is 518 g/mol. The van der Waals surface area contributed by atoms with Gasteiger partial charge in [0.1, 0.15) is 0 Å². The third-order valence-corrected chi connectivity index (χ3v) is 6.59. The van der Waals surface area contributed by atoms with Crippen LogP contribution in [0.2, 0.25) is 0 Å². The second kappa shape index (κ2) is 23.4. The third kappa shape index (κ3) is 20.3. The first kappa shape index (κ1) is 32.1. The average molecular weight is 519 g/mol. The molecule has 0 fully saturated rings. The van der Waals surface area contributed by atoms with Crippen LogP contribution in [-0.2, 0) is 20.7 Å². The molecule has 36 heavy (non-hydrogen) atoms. The molecular formula is C30H50N2O3S. The molecule has 0 saturated heterocycles. The number of hydrogen-bond donors (Lipinski definition) is 2. The molecule has 1 amide bonds. The van der Waals surface area contributed by atoms with Crippen LogP contribution in [0.4, 0.5) is 0 Å². The number of amides is 1. The van der Waals surface area contributed by atoms with E-state index < -0.39 is 0 Å². The zero-order valence-corrected chi connectivity index (χ0v) is 23.5. The van der Waals surface area contributed by atoms with E-state index in [4.69, 9.17) is 17.0 Å². The largest absolute Gasteiger partial charge is 0.466 e. The van der Waals surface area contributed by atoms with Crippen LogP contribution in [0.5, 0.6) is 0 Å². The Morgan fingerprint density at radius 1 is 0.750 bits per heavy atom. The van der Waals surface area contributed by atoms with Crippen LogP contribution in [0.1, 0.15) is 122 Å². The van der Waals surface area contributed by atoms with Crippen LogP contribution in [0.25, 0.3) is 0 Å². The van der Waals surface area contributed by atoms with Crippen molar-refractivity contribution in [2.45, 2.75) is 122 Å². The zero-order chi connectivity index (χ0) is 26.1. The number of unbranched alkanes of at least 4 members (excludes halogenated alkanes) is 13. The molecule has 6 heteroatoms. The van der Waals surface area contributed by atoms with Gasteiger partial charge in [-0.25, -0.2) is 0 Å². The first-order valence-electron chi connectivity index (χ1n) is 14.4. The van der Waals surface area contributed by atoms with Crippen molar-refractivity contribution in [2.24, 2.45) is 0 Å². The number of benzene rings is 1. The Hall–Kier alpha value is -1.95. The van der Waals surface area contributed by atoms with Gasteiger partial charge in [-0.2, -0.15) is 0 Å². The van der Waals surface area contributed by atoms with Gasteiger partial charge in [-0.1, -0.05) is 121 Å². The van der Waals surface area contributed by atoms with Crippen LogP contribution >= 0.6 is 12.2 Å². The zero-order valence-electron chi connectivity index (χ0n) is 22.7. The summed E-state index contributed by atoms with van der Waals surface area (Å²) in [6.07, 6.45) is 20.4. The molecule has 0 bridgehead atoms. The molecule has 1 aromatic rings. The molecule has 1 aromatic carbocycles. The first-order chi connectivity index (χ1) is 17.6. The van der Waals surface area contributed by atoms with Gasteiger partial charge in [-0.3, -0.25) is 9.59 Å². The number of carbonyl (C=O) groups is 2. The van der Waals surface area contributed by atoms with Crippen molar-refractivity contribution in [3.05, 3.63) is 35.9 Å². The van der Waals surface area contributed by atoms with Crippen molar-refractivity contribution in [3.8, 4) is 0 Å². The molecule has 0 aliphatic rings. The van der Waals surface area contributed by atoms with Gasteiger partial charge in [-0.15, -0.1) is 0 Å². The molecule has 0 aliphatic heterocycles. The van der Waals surface area contributed by atoms with E-state index in [9.17, 15) is 9.59 Å². The van der Waals surface area contributed by atoms with Gasteiger partial charge in [0.05, 0.1) is 13.0 Å². The van der Waals surface area contributed by atoms with Gasteiger partial charge in [0.15, 0.2) is 5.11 Å². The molecule has 0 unspecified atom stereocenters. The first-order valence-corrected chi connectivity index (χ1v) is 14.8. The SMILES string of the molecule is CCCCCCCCCCCCCCCCNC(=S)NC(=O)CCC(=O)OCCCc1ccccc1. The van der Waals surface area contributed by atoms with Gasteiger partial charge in [0.2, 0.25) is 5.91 Å². The second-order valence-corrected chi connectivity index (χ2v) is 10.1. The summed E-state index contributed by atoms with van der Waals surface area (Å²) in [4.78, 5) is 23.8. The van der Waals surface area contributed by atoms with Crippen LogP contribution in [0.3, 0.4) is 0 Å². The van der Waals surface area contributed by atoms with Crippen molar-refractivity contribution >= 4 is 29.2 Å². The van der Waals surface area contributed by atoms with Crippen molar-refractivity contribution in [1.82, 2.24) is 10.6 Å². The Morgan fingerprint density at radius 2 is 1.31 bits per heavy atom. The fourth-order valence-electron chi connectivity index (χ4n) is 4.15. The lowest BCUT2D eigenvalue weighted by molar-refractivity contribution is -0.145. The molecule has 0 radical (unpaired) electrons. The maximum atomic E-state index is 12.0. The summed E-state index contributed by atoms with van der Waals surface area (Å²) in [5, 5.41) is 6.07. The van der Waals surface area contributed by atoms with E-state index in [1.165, 1.54) is 89.0 Å². The third-order valence-electron chi connectivity index (χ3n) is 6.34. The van der Waals surface area contributed by atoms with E-state index in [0.717, 1.165) is 25.8 Å². The maximum absolute atomic E-state index is 12.0. The smallest absolute Gasteiger partial charge is 0.306 e. The van der Waals surface area contributed by atoms with Gasteiger partial charge in [-0.05, 0) is 37.0 Å². The number of nitrogens with one attached hydrogen (secondary N) is 2. The van der Waals surface area contributed by atoms with E-state index in [1.54, 1.807) is 0 Å². The number of thiocarbonyl (C=S) groups is 1. The molecule has 2 N–H and O–H groups in total. The van der Waals surface area contributed by atoms with Crippen molar-refractivity contribution in [1.29, 1.82) is 0 Å². The highest BCUT2D eigenvalue weighted by Crippen LogP contribution is 2.12. The highest BCUT2D eigenvalue weighted by atomic mass is 32.1. The molecule has 0 atom stereocenters. The van der Waals surface area contributed by atoms with Crippen LogP contribution in [-0.4, -0.2) is 30.1 Å². The Morgan fingerprint density at radius 3 is 1.89 bits per heavy atom. The Bertz CT molecular complexity index is 697. The number of hydrogen-bond acceptors (Lipinski definition) is 4. The quantitative estimate of drug-likeness (QED) is 0.0950. The van der Waals surface area contributed by atoms with E-state index >= 15 is 0 Å². The number of aryl methyl sites for hydroxylation is 1. The summed E-state index contributed by atoms with van der Waals surface area (Å²) >= 11 is 5.18. The van der Waals surface area contributed by atoms with E-state index in [2.05, 4.69) is 29.7 Å². The molecule has 1 rings (SSSR count). The summed E-state index contributed by atoms with van der Waals surface area (Å²) in [7, 11) is 0. The van der Waals surface area contributed by atoms with E-state index in [1.807, 2.05) is 18.2 Å². The molecule has 5 nitrogen and oxygen atoms in total. The predicted octanol–water partition coefficient (Wildman–Crippen LogP) is 7.41. The summed E-state index contributed by atoms with van der Waals surface area (Å²) in [5.41, 5.74) is 1.23. The van der Waals surface area contributed by atoms with Gasteiger partial charge in [0.25, 0.3) is 0 Å². The van der Waals surface area contributed by atoms with Crippen LogP contribution in [0.15, 0.2) is 30.3 Å².